The minimum atomic E-state index is 0.163. The van der Waals surface area contributed by atoms with Crippen LogP contribution in [0.3, 0.4) is 0 Å². The number of nitrogens with one attached hydrogen (secondary N) is 1. The summed E-state index contributed by atoms with van der Waals surface area (Å²) in [5.41, 5.74) is 6.09. The van der Waals surface area contributed by atoms with Crippen molar-refractivity contribution in [2.24, 2.45) is 5.73 Å². The first-order valence-corrected chi connectivity index (χ1v) is 7.00. The number of ether oxygens (including phenoxy) is 1. The summed E-state index contributed by atoms with van der Waals surface area (Å²) < 4.78 is 5.63. The van der Waals surface area contributed by atoms with Crippen molar-refractivity contribution >= 4 is 11.8 Å². The van der Waals surface area contributed by atoms with Gasteiger partial charge in [0.25, 0.3) is 0 Å². The van der Waals surface area contributed by atoms with Gasteiger partial charge in [-0.15, -0.1) is 0 Å². The SMILES string of the molecule is CC1SCCC1(CN)NCC1CCCO1. The summed E-state index contributed by atoms with van der Waals surface area (Å²) in [6.07, 6.45) is 4.04. The Morgan fingerprint density at radius 2 is 2.47 bits per heavy atom. The van der Waals surface area contributed by atoms with Crippen LogP contribution in [0.5, 0.6) is 0 Å². The molecule has 2 rings (SSSR count). The average molecular weight is 230 g/mol. The van der Waals surface area contributed by atoms with E-state index in [0.717, 1.165) is 19.7 Å². The van der Waals surface area contributed by atoms with Crippen molar-refractivity contribution in [3.8, 4) is 0 Å². The Labute approximate surface area is 96.5 Å². The Hall–Kier alpha value is 0.230. The molecule has 0 radical (unpaired) electrons. The van der Waals surface area contributed by atoms with Gasteiger partial charge in [-0.25, -0.2) is 0 Å². The summed E-state index contributed by atoms with van der Waals surface area (Å²) in [7, 11) is 0. The maximum absolute atomic E-state index is 5.93. The Morgan fingerprint density at radius 1 is 1.60 bits per heavy atom. The van der Waals surface area contributed by atoms with E-state index < -0.39 is 0 Å². The quantitative estimate of drug-likeness (QED) is 0.756. The fraction of sp³-hybridized carbons (Fsp3) is 1.00. The molecule has 0 aromatic rings. The van der Waals surface area contributed by atoms with Crippen LogP contribution in [-0.4, -0.2) is 42.3 Å². The molecule has 4 heteroatoms. The normalized spacial score (nSPS) is 41.2. The Balaban J connectivity index is 1.84. The van der Waals surface area contributed by atoms with Crippen LogP contribution in [-0.2, 0) is 4.74 Å². The Morgan fingerprint density at radius 3 is 3.00 bits per heavy atom. The molecule has 2 aliphatic heterocycles. The van der Waals surface area contributed by atoms with Gasteiger partial charge in [-0.2, -0.15) is 11.8 Å². The van der Waals surface area contributed by atoms with E-state index in [1.807, 2.05) is 11.8 Å². The maximum Gasteiger partial charge on any atom is 0.0700 e. The van der Waals surface area contributed by atoms with Crippen LogP contribution < -0.4 is 11.1 Å². The summed E-state index contributed by atoms with van der Waals surface area (Å²) in [6, 6.07) is 0. The van der Waals surface area contributed by atoms with Crippen molar-refractivity contribution in [2.75, 3.05) is 25.4 Å². The molecule has 2 fully saturated rings. The van der Waals surface area contributed by atoms with Crippen molar-refractivity contribution in [3.05, 3.63) is 0 Å². The van der Waals surface area contributed by atoms with E-state index in [9.17, 15) is 0 Å². The second-order valence-electron chi connectivity index (χ2n) is 4.64. The summed E-state index contributed by atoms with van der Waals surface area (Å²) >= 11 is 2.03. The molecule has 15 heavy (non-hydrogen) atoms. The van der Waals surface area contributed by atoms with Crippen molar-refractivity contribution in [3.63, 3.8) is 0 Å². The number of hydrogen-bond donors (Lipinski definition) is 2. The van der Waals surface area contributed by atoms with Crippen molar-refractivity contribution in [1.29, 1.82) is 0 Å². The third-order valence-corrected chi connectivity index (χ3v) is 5.16. The van der Waals surface area contributed by atoms with E-state index in [1.54, 1.807) is 0 Å². The molecule has 0 saturated carbocycles. The number of nitrogens with two attached hydrogens (primary N) is 1. The zero-order valence-electron chi connectivity index (χ0n) is 9.50. The van der Waals surface area contributed by atoms with Crippen molar-refractivity contribution in [1.82, 2.24) is 5.32 Å². The van der Waals surface area contributed by atoms with Gasteiger partial charge >= 0.3 is 0 Å². The van der Waals surface area contributed by atoms with E-state index in [-0.39, 0.29) is 5.54 Å². The lowest BCUT2D eigenvalue weighted by Gasteiger charge is -2.34. The smallest absolute Gasteiger partial charge is 0.0700 e. The number of hydrogen-bond acceptors (Lipinski definition) is 4. The van der Waals surface area contributed by atoms with Gasteiger partial charge in [0.05, 0.1) is 6.10 Å². The lowest BCUT2D eigenvalue weighted by molar-refractivity contribution is 0.101. The molecule has 3 N–H and O–H groups in total. The second kappa shape index (κ2) is 5.04. The van der Waals surface area contributed by atoms with Gasteiger partial charge in [0.2, 0.25) is 0 Å². The minimum absolute atomic E-state index is 0.163. The van der Waals surface area contributed by atoms with Crippen LogP contribution >= 0.6 is 11.8 Å². The highest BCUT2D eigenvalue weighted by Crippen LogP contribution is 2.35. The number of rotatable bonds is 4. The van der Waals surface area contributed by atoms with Crippen LogP contribution in [0.1, 0.15) is 26.2 Å². The molecule has 88 valence electrons. The molecule has 0 aliphatic carbocycles. The highest BCUT2D eigenvalue weighted by Gasteiger charge is 2.39. The van der Waals surface area contributed by atoms with E-state index in [1.165, 1.54) is 25.0 Å². The molecule has 2 saturated heterocycles. The summed E-state index contributed by atoms with van der Waals surface area (Å²) in [6.45, 7) is 4.94. The molecule has 3 nitrogen and oxygen atoms in total. The molecule has 0 aromatic heterocycles. The first kappa shape index (κ1) is 11.7. The summed E-state index contributed by atoms with van der Waals surface area (Å²) in [5, 5.41) is 4.29. The predicted octanol–water partition coefficient (Wildman–Crippen LogP) is 0.978. The lowest BCUT2D eigenvalue weighted by atomic mass is 9.92. The van der Waals surface area contributed by atoms with Crippen LogP contribution in [0.15, 0.2) is 0 Å². The fourth-order valence-electron chi connectivity index (χ4n) is 2.48. The molecule has 2 aliphatic rings. The van der Waals surface area contributed by atoms with Gasteiger partial charge in [0.1, 0.15) is 0 Å². The predicted molar refractivity (Wildman–Crippen MR) is 65.3 cm³/mol. The fourth-order valence-corrected chi connectivity index (χ4v) is 3.93. The van der Waals surface area contributed by atoms with Gasteiger partial charge in [-0.05, 0) is 25.0 Å². The molecule has 0 spiro atoms. The topological polar surface area (TPSA) is 47.3 Å². The largest absolute Gasteiger partial charge is 0.377 e. The minimum Gasteiger partial charge on any atom is -0.377 e. The second-order valence-corrected chi connectivity index (χ2v) is 6.09. The Bertz CT molecular complexity index is 209. The molecular formula is C11H22N2OS. The zero-order chi connectivity index (χ0) is 10.7. The first-order chi connectivity index (χ1) is 7.27. The van der Waals surface area contributed by atoms with Crippen molar-refractivity contribution in [2.45, 2.75) is 43.1 Å². The standard InChI is InChI=1S/C11H22N2OS/c1-9-11(8-12,4-6-15-9)13-7-10-3-2-5-14-10/h9-10,13H,2-8,12H2,1H3. The highest BCUT2D eigenvalue weighted by atomic mass is 32.2. The zero-order valence-corrected chi connectivity index (χ0v) is 10.3. The summed E-state index contributed by atoms with van der Waals surface area (Å²) in [5.74, 6) is 1.23. The van der Waals surface area contributed by atoms with Gasteiger partial charge in [-0.3, -0.25) is 0 Å². The molecule has 3 atom stereocenters. The van der Waals surface area contributed by atoms with Crippen molar-refractivity contribution < 1.29 is 4.74 Å². The van der Waals surface area contributed by atoms with Gasteiger partial charge < -0.3 is 15.8 Å². The molecule has 3 unspecified atom stereocenters. The van der Waals surface area contributed by atoms with E-state index in [0.29, 0.717) is 11.4 Å². The molecule has 2 heterocycles. The van der Waals surface area contributed by atoms with Crippen LogP contribution in [0, 0.1) is 0 Å². The van der Waals surface area contributed by atoms with Crippen LogP contribution in [0.25, 0.3) is 0 Å². The number of thioether (sulfide) groups is 1. The van der Waals surface area contributed by atoms with Gasteiger partial charge in [0, 0.05) is 30.5 Å². The van der Waals surface area contributed by atoms with E-state index in [2.05, 4.69) is 12.2 Å². The van der Waals surface area contributed by atoms with Crippen LogP contribution in [0.2, 0.25) is 0 Å². The molecule has 0 bridgehead atoms. The molecule has 0 amide bonds. The average Bonchev–Trinajstić information content (AvgIpc) is 2.85. The van der Waals surface area contributed by atoms with Crippen LogP contribution in [0.4, 0.5) is 0 Å². The van der Waals surface area contributed by atoms with E-state index >= 15 is 0 Å². The molecular weight excluding hydrogens is 208 g/mol. The lowest BCUT2D eigenvalue weighted by Crippen LogP contribution is -2.56. The van der Waals surface area contributed by atoms with Gasteiger partial charge in [0.15, 0.2) is 0 Å². The highest BCUT2D eigenvalue weighted by molar-refractivity contribution is 8.00. The Kier molecular flexibility index (Phi) is 3.93. The maximum atomic E-state index is 5.93. The molecule has 0 aromatic carbocycles. The third-order valence-electron chi connectivity index (χ3n) is 3.76. The first-order valence-electron chi connectivity index (χ1n) is 5.95. The van der Waals surface area contributed by atoms with E-state index in [4.69, 9.17) is 10.5 Å². The third kappa shape index (κ3) is 2.49. The van der Waals surface area contributed by atoms with Gasteiger partial charge in [-0.1, -0.05) is 6.92 Å². The monoisotopic (exact) mass is 230 g/mol. The summed E-state index contributed by atoms with van der Waals surface area (Å²) in [4.78, 5) is 0.